The van der Waals surface area contributed by atoms with Gasteiger partial charge in [0, 0.05) is 42.0 Å². The molecule has 0 bridgehead atoms. The second-order valence-electron chi connectivity index (χ2n) is 11.2. The highest BCUT2D eigenvalue weighted by molar-refractivity contribution is 7.89. The van der Waals surface area contributed by atoms with E-state index in [9.17, 15) is 18.0 Å². The van der Waals surface area contributed by atoms with E-state index in [0.717, 1.165) is 29.5 Å². The van der Waals surface area contributed by atoms with Crippen LogP contribution in [0.4, 0.5) is 0 Å². The Balaban J connectivity index is 1.36. The van der Waals surface area contributed by atoms with Crippen LogP contribution in [0.1, 0.15) is 41.5 Å². The molecule has 1 aliphatic rings. The van der Waals surface area contributed by atoms with Gasteiger partial charge in [-0.3, -0.25) is 9.59 Å². The monoisotopic (exact) mass is 663 g/mol. The number of hydrogen-bond donors (Lipinski definition) is 2. The van der Waals surface area contributed by atoms with Crippen molar-refractivity contribution in [3.8, 4) is 0 Å². The molecule has 2 amide bonds. The van der Waals surface area contributed by atoms with Crippen molar-refractivity contribution in [2.24, 2.45) is 0 Å². The van der Waals surface area contributed by atoms with Crippen LogP contribution in [-0.2, 0) is 45.5 Å². The van der Waals surface area contributed by atoms with E-state index in [-0.39, 0.29) is 42.3 Å². The van der Waals surface area contributed by atoms with Crippen molar-refractivity contribution in [1.29, 1.82) is 0 Å². The van der Waals surface area contributed by atoms with Crippen molar-refractivity contribution >= 4 is 45.0 Å². The molecular formula is C35H35Cl2N3O4S. The van der Waals surface area contributed by atoms with Gasteiger partial charge in [-0.1, -0.05) is 102 Å². The van der Waals surface area contributed by atoms with Crippen LogP contribution in [0.5, 0.6) is 0 Å². The first kappa shape index (κ1) is 32.7. The molecule has 0 aliphatic heterocycles. The zero-order valence-corrected chi connectivity index (χ0v) is 27.0. The van der Waals surface area contributed by atoms with Gasteiger partial charge in [0.1, 0.15) is 6.04 Å². The summed E-state index contributed by atoms with van der Waals surface area (Å²) in [5, 5.41) is 3.94. The number of carbonyl (C=O) groups is 2. The van der Waals surface area contributed by atoms with Crippen molar-refractivity contribution < 1.29 is 18.0 Å². The van der Waals surface area contributed by atoms with Crippen LogP contribution < -0.4 is 10.0 Å². The van der Waals surface area contributed by atoms with Gasteiger partial charge in [0.25, 0.3) is 0 Å². The fraction of sp³-hybridized carbons (Fsp3) is 0.257. The van der Waals surface area contributed by atoms with E-state index in [4.69, 9.17) is 23.2 Å². The van der Waals surface area contributed by atoms with E-state index in [2.05, 4.69) is 10.0 Å². The van der Waals surface area contributed by atoms with Crippen molar-refractivity contribution in [3.63, 3.8) is 0 Å². The van der Waals surface area contributed by atoms with Gasteiger partial charge in [0.05, 0.1) is 4.90 Å². The third-order valence-corrected chi connectivity index (χ3v) is 9.82. The molecule has 4 aromatic carbocycles. The molecule has 45 heavy (non-hydrogen) atoms. The van der Waals surface area contributed by atoms with Crippen LogP contribution in [0, 0.1) is 0 Å². The molecule has 2 N–H and O–H groups in total. The quantitative estimate of drug-likeness (QED) is 0.165. The number of nitrogens with one attached hydrogen (secondary N) is 2. The first-order valence-corrected chi connectivity index (χ1v) is 17.1. The zero-order chi connectivity index (χ0) is 31.8. The van der Waals surface area contributed by atoms with Crippen molar-refractivity contribution in [1.82, 2.24) is 14.9 Å². The highest BCUT2D eigenvalue weighted by atomic mass is 35.5. The lowest BCUT2D eigenvalue weighted by Crippen LogP contribution is -2.50. The van der Waals surface area contributed by atoms with Crippen molar-refractivity contribution in [2.75, 3.05) is 0 Å². The Kier molecular flexibility index (Phi) is 10.9. The number of nitrogens with zero attached hydrogens (tertiary/aromatic N) is 1. The second-order valence-corrected chi connectivity index (χ2v) is 13.8. The fourth-order valence-electron chi connectivity index (χ4n) is 5.02. The topological polar surface area (TPSA) is 95.6 Å². The van der Waals surface area contributed by atoms with E-state index in [1.54, 1.807) is 47.4 Å². The normalized spacial score (nSPS) is 13.6. The maximum atomic E-state index is 14.0. The summed E-state index contributed by atoms with van der Waals surface area (Å²) in [5.41, 5.74) is 3.36. The van der Waals surface area contributed by atoms with Crippen LogP contribution in [0.2, 0.25) is 10.0 Å². The summed E-state index contributed by atoms with van der Waals surface area (Å²) in [4.78, 5) is 29.7. The third kappa shape index (κ3) is 9.41. The van der Waals surface area contributed by atoms with Gasteiger partial charge in [-0.05, 0) is 65.8 Å². The lowest BCUT2D eigenvalue weighted by atomic mass is 10.0. The zero-order valence-electron chi connectivity index (χ0n) is 24.7. The molecule has 1 atom stereocenters. The summed E-state index contributed by atoms with van der Waals surface area (Å²) in [5.74, 6) is -0.488. The van der Waals surface area contributed by atoms with Gasteiger partial charge in [-0.25, -0.2) is 13.1 Å². The molecule has 0 spiro atoms. The minimum atomic E-state index is -3.56. The molecule has 0 radical (unpaired) electrons. The van der Waals surface area contributed by atoms with Crippen LogP contribution in [0.15, 0.2) is 108 Å². The average Bonchev–Trinajstić information content (AvgIpc) is 3.85. The van der Waals surface area contributed by atoms with Crippen LogP contribution in [0.25, 0.3) is 0 Å². The Hall–Kier alpha value is -3.69. The first-order valence-electron chi connectivity index (χ1n) is 14.9. The standard InChI is InChI=1S/C35H35Cl2N3O4S/c36-29-15-14-28(32(37)22-29)23-38-35(42)33(21-26-7-3-1-4-8-26)40(24-27-9-5-2-6-10-27)34(41)20-13-25-11-18-31(19-12-25)45(43,44)39-30-16-17-30/h1-12,14-15,18-19,22,30,33,39H,13,16-17,20-21,23-24H2,(H,38,42)/t33-/m1/s1. The lowest BCUT2D eigenvalue weighted by Gasteiger charge is -2.32. The molecule has 0 saturated heterocycles. The summed E-state index contributed by atoms with van der Waals surface area (Å²) >= 11 is 12.4. The summed E-state index contributed by atoms with van der Waals surface area (Å²) in [6, 6.07) is 30.1. The minimum Gasteiger partial charge on any atom is -0.350 e. The Bertz CT molecular complexity index is 1720. The minimum absolute atomic E-state index is 0.0205. The van der Waals surface area contributed by atoms with Gasteiger partial charge < -0.3 is 10.2 Å². The maximum Gasteiger partial charge on any atom is 0.243 e. The van der Waals surface area contributed by atoms with E-state index >= 15 is 0 Å². The average molecular weight is 665 g/mol. The predicted octanol–water partition coefficient (Wildman–Crippen LogP) is 6.32. The molecule has 1 saturated carbocycles. The van der Waals surface area contributed by atoms with Gasteiger partial charge in [-0.15, -0.1) is 0 Å². The number of amides is 2. The van der Waals surface area contributed by atoms with Crippen molar-refractivity contribution in [3.05, 3.63) is 135 Å². The summed E-state index contributed by atoms with van der Waals surface area (Å²) in [6.07, 6.45) is 2.57. The molecule has 1 aliphatic carbocycles. The van der Waals surface area contributed by atoms with Crippen molar-refractivity contribution in [2.45, 2.75) is 62.2 Å². The largest absolute Gasteiger partial charge is 0.350 e. The second kappa shape index (κ2) is 15.1. The molecule has 0 unspecified atom stereocenters. The third-order valence-electron chi connectivity index (χ3n) is 7.70. The number of hydrogen-bond acceptors (Lipinski definition) is 4. The van der Waals surface area contributed by atoms with Gasteiger partial charge >= 0.3 is 0 Å². The van der Waals surface area contributed by atoms with Gasteiger partial charge in [0.15, 0.2) is 0 Å². The van der Waals surface area contributed by atoms with Crippen LogP contribution in [-0.4, -0.2) is 37.2 Å². The van der Waals surface area contributed by atoms with Crippen LogP contribution in [0.3, 0.4) is 0 Å². The molecule has 5 rings (SSSR count). The highest BCUT2D eigenvalue weighted by Crippen LogP contribution is 2.24. The summed E-state index contributed by atoms with van der Waals surface area (Å²) < 4.78 is 27.8. The maximum absolute atomic E-state index is 14.0. The number of aryl methyl sites for hydroxylation is 1. The molecule has 234 valence electrons. The van der Waals surface area contributed by atoms with Gasteiger partial charge in [-0.2, -0.15) is 0 Å². The molecule has 0 aromatic heterocycles. The Morgan fingerprint density at radius 1 is 0.822 bits per heavy atom. The molecule has 4 aromatic rings. The number of benzene rings is 4. The molecule has 1 fully saturated rings. The molecule has 0 heterocycles. The Labute approximate surface area is 274 Å². The number of carbonyl (C=O) groups excluding carboxylic acids is 2. The smallest absolute Gasteiger partial charge is 0.243 e. The number of sulfonamides is 1. The molecule has 10 heteroatoms. The van der Waals surface area contributed by atoms with E-state index in [1.807, 2.05) is 60.7 Å². The summed E-state index contributed by atoms with van der Waals surface area (Å²) in [6.45, 7) is 0.425. The fourth-order valence-corrected chi connectivity index (χ4v) is 6.80. The summed E-state index contributed by atoms with van der Waals surface area (Å²) in [7, 11) is -3.56. The predicted molar refractivity (Wildman–Crippen MR) is 177 cm³/mol. The molecule has 7 nitrogen and oxygen atoms in total. The number of halogens is 2. The molecular weight excluding hydrogens is 629 g/mol. The van der Waals surface area contributed by atoms with E-state index < -0.39 is 16.1 Å². The lowest BCUT2D eigenvalue weighted by molar-refractivity contribution is -0.141. The Morgan fingerprint density at radius 3 is 2.09 bits per heavy atom. The first-order chi connectivity index (χ1) is 21.7. The van der Waals surface area contributed by atoms with Crippen LogP contribution >= 0.6 is 23.2 Å². The Morgan fingerprint density at radius 2 is 1.47 bits per heavy atom. The van der Waals surface area contributed by atoms with E-state index in [1.165, 1.54) is 0 Å². The van der Waals surface area contributed by atoms with Gasteiger partial charge in [0.2, 0.25) is 21.8 Å². The van der Waals surface area contributed by atoms with E-state index in [0.29, 0.717) is 28.5 Å². The number of rotatable bonds is 14. The highest BCUT2D eigenvalue weighted by Gasteiger charge is 2.31. The SMILES string of the molecule is O=C(NCc1ccc(Cl)cc1Cl)[C@@H](Cc1ccccc1)N(Cc1ccccc1)C(=O)CCc1ccc(S(=O)(=O)NC2CC2)cc1.